The molecule has 0 bridgehead atoms. The first-order valence-electron chi connectivity index (χ1n) is 4.25. The molecule has 1 fully saturated rings. The van der Waals surface area contributed by atoms with E-state index < -0.39 is 0 Å². The molecule has 12 heavy (non-hydrogen) atoms. The second kappa shape index (κ2) is 3.70. The molecule has 1 aliphatic heterocycles. The predicted molar refractivity (Wildman–Crippen MR) is 43.8 cm³/mol. The van der Waals surface area contributed by atoms with Crippen molar-refractivity contribution < 1.29 is 15.1 Å². The fourth-order valence-electron chi connectivity index (χ4n) is 1.40. The summed E-state index contributed by atoms with van der Waals surface area (Å²) in [5.74, 6) is 0. The Hall–Kier alpha value is -0.160. The van der Waals surface area contributed by atoms with Crippen LogP contribution >= 0.6 is 0 Å². The summed E-state index contributed by atoms with van der Waals surface area (Å²) in [6, 6.07) is 0. The first kappa shape index (κ1) is 9.92. The van der Waals surface area contributed by atoms with Gasteiger partial charge in [-0.2, -0.15) is 5.06 Å². The summed E-state index contributed by atoms with van der Waals surface area (Å²) in [6.45, 7) is 4.30. The SMILES string of the molecule is CC1(C)CC(CCO)OCN1O. The lowest BCUT2D eigenvalue weighted by Gasteiger charge is -2.41. The van der Waals surface area contributed by atoms with Gasteiger partial charge in [-0.25, -0.2) is 0 Å². The van der Waals surface area contributed by atoms with Crippen LogP contribution in [-0.2, 0) is 4.74 Å². The molecule has 4 heteroatoms. The van der Waals surface area contributed by atoms with Crippen molar-refractivity contribution in [3.8, 4) is 0 Å². The Morgan fingerprint density at radius 3 is 2.75 bits per heavy atom. The molecule has 0 amide bonds. The zero-order valence-electron chi connectivity index (χ0n) is 7.66. The highest BCUT2D eigenvalue weighted by Gasteiger charge is 2.34. The Balaban J connectivity index is 2.45. The molecule has 4 nitrogen and oxygen atoms in total. The van der Waals surface area contributed by atoms with E-state index in [1.165, 1.54) is 5.06 Å². The smallest absolute Gasteiger partial charge is 0.123 e. The summed E-state index contributed by atoms with van der Waals surface area (Å²) < 4.78 is 5.28. The van der Waals surface area contributed by atoms with Gasteiger partial charge in [0.05, 0.1) is 6.10 Å². The van der Waals surface area contributed by atoms with Crippen molar-refractivity contribution in [2.45, 2.75) is 38.3 Å². The Kier molecular flexibility index (Phi) is 3.06. The highest BCUT2D eigenvalue weighted by atomic mass is 16.6. The van der Waals surface area contributed by atoms with Gasteiger partial charge in [-0.15, -0.1) is 0 Å². The van der Waals surface area contributed by atoms with E-state index >= 15 is 0 Å². The molecule has 1 aliphatic rings. The van der Waals surface area contributed by atoms with E-state index in [1.54, 1.807) is 0 Å². The van der Waals surface area contributed by atoms with Crippen LogP contribution in [0.4, 0.5) is 0 Å². The summed E-state index contributed by atoms with van der Waals surface area (Å²) in [6.07, 6.45) is 1.48. The molecule has 1 unspecified atom stereocenters. The van der Waals surface area contributed by atoms with Crippen LogP contribution in [-0.4, -0.2) is 40.4 Å². The van der Waals surface area contributed by atoms with Gasteiger partial charge >= 0.3 is 0 Å². The molecule has 0 aromatic heterocycles. The Morgan fingerprint density at radius 1 is 1.58 bits per heavy atom. The van der Waals surface area contributed by atoms with Crippen molar-refractivity contribution in [1.29, 1.82) is 0 Å². The average molecular weight is 175 g/mol. The van der Waals surface area contributed by atoms with Crippen LogP contribution in [0.1, 0.15) is 26.7 Å². The topological polar surface area (TPSA) is 52.9 Å². The highest BCUT2D eigenvalue weighted by Crippen LogP contribution is 2.26. The first-order valence-corrected chi connectivity index (χ1v) is 4.25. The Bertz CT molecular complexity index is 149. The first-order chi connectivity index (χ1) is 5.56. The van der Waals surface area contributed by atoms with Crippen molar-refractivity contribution in [2.75, 3.05) is 13.3 Å². The Labute approximate surface area is 72.7 Å². The molecule has 1 saturated heterocycles. The molecular formula is C8H17NO3. The zero-order valence-corrected chi connectivity index (χ0v) is 7.66. The number of hydrogen-bond donors (Lipinski definition) is 2. The summed E-state index contributed by atoms with van der Waals surface area (Å²) in [7, 11) is 0. The monoisotopic (exact) mass is 175 g/mol. The van der Waals surface area contributed by atoms with Crippen LogP contribution in [0, 0.1) is 0 Å². The second-order valence-electron chi connectivity index (χ2n) is 3.85. The maximum absolute atomic E-state index is 9.37. The van der Waals surface area contributed by atoms with Crippen molar-refractivity contribution >= 4 is 0 Å². The number of ether oxygens (including phenoxy) is 1. The van der Waals surface area contributed by atoms with Crippen LogP contribution in [0.5, 0.6) is 0 Å². The van der Waals surface area contributed by atoms with Gasteiger partial charge in [-0.05, 0) is 26.7 Å². The van der Waals surface area contributed by atoms with Gasteiger partial charge in [0.2, 0.25) is 0 Å². The van der Waals surface area contributed by atoms with Crippen LogP contribution in [0.15, 0.2) is 0 Å². The molecule has 0 saturated carbocycles. The van der Waals surface area contributed by atoms with Gasteiger partial charge in [0.1, 0.15) is 6.73 Å². The maximum Gasteiger partial charge on any atom is 0.123 e. The minimum Gasteiger partial charge on any atom is -0.396 e. The molecule has 72 valence electrons. The van der Waals surface area contributed by atoms with E-state index in [4.69, 9.17) is 9.84 Å². The van der Waals surface area contributed by atoms with Gasteiger partial charge in [0.25, 0.3) is 0 Å². The van der Waals surface area contributed by atoms with Crippen molar-refractivity contribution in [2.24, 2.45) is 0 Å². The van der Waals surface area contributed by atoms with Crippen LogP contribution in [0.2, 0.25) is 0 Å². The molecule has 0 aliphatic carbocycles. The molecular weight excluding hydrogens is 158 g/mol. The Morgan fingerprint density at radius 2 is 2.25 bits per heavy atom. The number of rotatable bonds is 2. The third-order valence-electron chi connectivity index (χ3n) is 2.31. The number of nitrogens with zero attached hydrogens (tertiary/aromatic N) is 1. The molecule has 2 N–H and O–H groups in total. The van der Waals surface area contributed by atoms with Gasteiger partial charge in [-0.3, -0.25) is 0 Å². The average Bonchev–Trinajstić information content (AvgIpc) is 1.97. The molecule has 0 aromatic rings. The largest absolute Gasteiger partial charge is 0.396 e. The van der Waals surface area contributed by atoms with E-state index in [-0.39, 0.29) is 25.0 Å². The third kappa shape index (κ3) is 2.17. The van der Waals surface area contributed by atoms with Crippen LogP contribution in [0.3, 0.4) is 0 Å². The standard InChI is InChI=1S/C8H17NO3/c1-8(2)5-7(3-4-10)12-6-9(8)11/h7,10-11H,3-6H2,1-2H3. The number of hydrogen-bond acceptors (Lipinski definition) is 4. The molecule has 0 radical (unpaired) electrons. The van der Waals surface area contributed by atoms with Gasteiger partial charge in [0.15, 0.2) is 0 Å². The lowest BCUT2D eigenvalue weighted by Crippen LogP contribution is -2.50. The lowest BCUT2D eigenvalue weighted by molar-refractivity contribution is -0.266. The summed E-state index contributed by atoms with van der Waals surface area (Å²) in [4.78, 5) is 0. The van der Waals surface area contributed by atoms with Crippen molar-refractivity contribution in [3.05, 3.63) is 0 Å². The summed E-state index contributed by atoms with van der Waals surface area (Å²) in [5, 5.41) is 19.3. The van der Waals surface area contributed by atoms with E-state index in [0.29, 0.717) is 6.42 Å². The predicted octanol–water partition coefficient (Wildman–Crippen LogP) is 0.585. The van der Waals surface area contributed by atoms with Gasteiger partial charge in [-0.1, -0.05) is 0 Å². The lowest BCUT2D eigenvalue weighted by atomic mass is 9.94. The quantitative estimate of drug-likeness (QED) is 0.644. The van der Waals surface area contributed by atoms with E-state index in [0.717, 1.165) is 6.42 Å². The number of hydroxylamine groups is 2. The number of aliphatic hydroxyl groups is 1. The van der Waals surface area contributed by atoms with Crippen molar-refractivity contribution in [1.82, 2.24) is 5.06 Å². The van der Waals surface area contributed by atoms with Crippen LogP contribution in [0.25, 0.3) is 0 Å². The summed E-state index contributed by atoms with van der Waals surface area (Å²) >= 11 is 0. The maximum atomic E-state index is 9.37. The second-order valence-corrected chi connectivity index (χ2v) is 3.85. The van der Waals surface area contributed by atoms with Crippen LogP contribution < -0.4 is 0 Å². The summed E-state index contributed by atoms with van der Waals surface area (Å²) in [5.41, 5.74) is -0.238. The zero-order chi connectivity index (χ0) is 9.19. The fourth-order valence-corrected chi connectivity index (χ4v) is 1.40. The normalized spacial score (nSPS) is 30.5. The van der Waals surface area contributed by atoms with E-state index in [2.05, 4.69) is 0 Å². The number of aliphatic hydroxyl groups excluding tert-OH is 1. The van der Waals surface area contributed by atoms with E-state index in [9.17, 15) is 5.21 Å². The molecule has 1 heterocycles. The van der Waals surface area contributed by atoms with Crippen molar-refractivity contribution in [3.63, 3.8) is 0 Å². The minimum atomic E-state index is -0.238. The molecule has 1 rings (SSSR count). The molecule has 0 aromatic carbocycles. The fraction of sp³-hybridized carbons (Fsp3) is 1.00. The van der Waals surface area contributed by atoms with Gasteiger partial charge < -0.3 is 15.1 Å². The van der Waals surface area contributed by atoms with Gasteiger partial charge in [0, 0.05) is 12.1 Å². The van der Waals surface area contributed by atoms with E-state index in [1.807, 2.05) is 13.8 Å². The minimum absolute atomic E-state index is 0.0772. The molecule has 0 spiro atoms. The highest BCUT2D eigenvalue weighted by molar-refractivity contribution is 4.82. The third-order valence-corrected chi connectivity index (χ3v) is 2.31. The molecule has 1 atom stereocenters.